The van der Waals surface area contributed by atoms with Gasteiger partial charge in [0.05, 0.1) is 0 Å². The molecule has 102 valence electrons. The summed E-state index contributed by atoms with van der Waals surface area (Å²) in [6, 6.07) is 0. The van der Waals surface area contributed by atoms with E-state index in [4.69, 9.17) is 0 Å². The van der Waals surface area contributed by atoms with Crippen LogP contribution >= 0.6 is 0 Å². The van der Waals surface area contributed by atoms with Crippen molar-refractivity contribution in [3.8, 4) is 0 Å². The lowest BCUT2D eigenvalue weighted by molar-refractivity contribution is 0.216. The summed E-state index contributed by atoms with van der Waals surface area (Å²) in [6.07, 6.45) is 7.39. The van der Waals surface area contributed by atoms with Crippen LogP contribution in [0.25, 0.3) is 0 Å². The predicted molar refractivity (Wildman–Crippen MR) is 74.7 cm³/mol. The lowest BCUT2D eigenvalue weighted by Crippen LogP contribution is -2.48. The van der Waals surface area contributed by atoms with Crippen LogP contribution in [0.15, 0.2) is 12.4 Å². The molecule has 4 nitrogen and oxygen atoms in total. The van der Waals surface area contributed by atoms with Gasteiger partial charge in [-0.05, 0) is 32.9 Å². The first-order valence-electron chi connectivity index (χ1n) is 7.06. The third-order valence-electron chi connectivity index (χ3n) is 4.13. The highest BCUT2D eigenvalue weighted by Crippen LogP contribution is 2.15. The fourth-order valence-electron chi connectivity index (χ4n) is 2.64. The number of rotatable bonds is 4. The largest absolute Gasteiger partial charge is 0.338 e. The summed E-state index contributed by atoms with van der Waals surface area (Å²) in [5, 5.41) is 3.68. The molecule has 1 aromatic rings. The first-order valence-corrected chi connectivity index (χ1v) is 7.06. The van der Waals surface area contributed by atoms with Gasteiger partial charge >= 0.3 is 0 Å². The van der Waals surface area contributed by atoms with Crippen molar-refractivity contribution >= 4 is 0 Å². The average Bonchev–Trinajstić information content (AvgIpc) is 2.66. The zero-order chi connectivity index (χ0) is 13.0. The molecular formula is C14H26N4. The number of hydrogen-bond donors (Lipinski definition) is 1. The monoisotopic (exact) mass is 250 g/mol. The van der Waals surface area contributed by atoms with E-state index in [1.807, 2.05) is 12.4 Å². The topological polar surface area (TPSA) is 33.1 Å². The van der Waals surface area contributed by atoms with Gasteiger partial charge in [0.2, 0.25) is 0 Å². The van der Waals surface area contributed by atoms with Crippen LogP contribution in [-0.4, -0.2) is 46.2 Å². The van der Waals surface area contributed by atoms with Crippen LogP contribution in [0.1, 0.15) is 32.5 Å². The molecule has 1 atom stereocenters. The molecule has 0 amide bonds. The van der Waals surface area contributed by atoms with Crippen LogP contribution in [0.4, 0.5) is 0 Å². The molecule has 1 aliphatic rings. The van der Waals surface area contributed by atoms with Crippen LogP contribution in [0.2, 0.25) is 0 Å². The highest BCUT2D eigenvalue weighted by molar-refractivity contribution is 4.93. The van der Waals surface area contributed by atoms with Gasteiger partial charge in [0.25, 0.3) is 0 Å². The van der Waals surface area contributed by atoms with Crippen molar-refractivity contribution in [1.82, 2.24) is 19.8 Å². The van der Waals surface area contributed by atoms with Gasteiger partial charge in [-0.25, -0.2) is 4.98 Å². The van der Waals surface area contributed by atoms with Gasteiger partial charge < -0.3 is 14.8 Å². The van der Waals surface area contributed by atoms with E-state index in [1.165, 1.54) is 25.2 Å². The van der Waals surface area contributed by atoms with E-state index in [0.717, 1.165) is 26.1 Å². The summed E-state index contributed by atoms with van der Waals surface area (Å²) in [5.74, 6) is 1.19. The number of aryl methyl sites for hydroxylation is 1. The SMILES string of the molecule is CCC1(C)CN(CCc2nccn2C)CCCN1. The molecule has 2 heterocycles. The van der Waals surface area contributed by atoms with Crippen molar-refractivity contribution < 1.29 is 0 Å². The van der Waals surface area contributed by atoms with E-state index in [2.05, 4.69) is 40.7 Å². The summed E-state index contributed by atoms with van der Waals surface area (Å²) in [4.78, 5) is 6.98. The number of nitrogens with one attached hydrogen (secondary N) is 1. The molecule has 0 saturated carbocycles. The molecule has 18 heavy (non-hydrogen) atoms. The van der Waals surface area contributed by atoms with Gasteiger partial charge in [-0.3, -0.25) is 0 Å². The van der Waals surface area contributed by atoms with E-state index in [0.29, 0.717) is 0 Å². The van der Waals surface area contributed by atoms with Crippen LogP contribution < -0.4 is 5.32 Å². The molecule has 1 unspecified atom stereocenters. The van der Waals surface area contributed by atoms with Crippen molar-refractivity contribution in [3.05, 3.63) is 18.2 Å². The van der Waals surface area contributed by atoms with Crippen LogP contribution in [0.3, 0.4) is 0 Å². The first kappa shape index (κ1) is 13.6. The Morgan fingerprint density at radius 1 is 1.50 bits per heavy atom. The van der Waals surface area contributed by atoms with Gasteiger partial charge in [0.1, 0.15) is 5.82 Å². The third kappa shape index (κ3) is 3.33. The zero-order valence-corrected chi connectivity index (χ0v) is 11.9. The maximum absolute atomic E-state index is 4.40. The quantitative estimate of drug-likeness (QED) is 0.877. The Hall–Kier alpha value is -0.870. The molecule has 4 heteroatoms. The Morgan fingerprint density at radius 2 is 2.33 bits per heavy atom. The molecular weight excluding hydrogens is 224 g/mol. The lowest BCUT2D eigenvalue weighted by Gasteiger charge is -2.32. The van der Waals surface area contributed by atoms with Gasteiger partial charge in [-0.15, -0.1) is 0 Å². The van der Waals surface area contributed by atoms with Crippen LogP contribution in [0, 0.1) is 0 Å². The second kappa shape index (κ2) is 5.85. The molecule has 0 radical (unpaired) electrons. The standard InChI is InChI=1S/C14H26N4/c1-4-14(2)12-18(9-5-7-16-14)10-6-13-15-8-11-17(13)3/h8,11,16H,4-7,9-10,12H2,1-3H3. The fraction of sp³-hybridized carbons (Fsp3) is 0.786. The van der Waals surface area contributed by atoms with Gasteiger partial charge in [0, 0.05) is 44.5 Å². The van der Waals surface area contributed by atoms with Crippen molar-refractivity contribution in [2.75, 3.05) is 26.2 Å². The summed E-state index contributed by atoms with van der Waals surface area (Å²) in [6.45, 7) is 9.22. The lowest BCUT2D eigenvalue weighted by atomic mass is 9.98. The van der Waals surface area contributed by atoms with E-state index in [1.54, 1.807) is 0 Å². The smallest absolute Gasteiger partial charge is 0.109 e. The van der Waals surface area contributed by atoms with Crippen molar-refractivity contribution in [2.45, 2.75) is 38.6 Å². The average molecular weight is 250 g/mol. The molecule has 0 spiro atoms. The van der Waals surface area contributed by atoms with Crippen molar-refractivity contribution in [1.29, 1.82) is 0 Å². The van der Waals surface area contributed by atoms with Gasteiger partial charge in [0.15, 0.2) is 0 Å². The van der Waals surface area contributed by atoms with Crippen LogP contribution in [0.5, 0.6) is 0 Å². The molecule has 0 aromatic carbocycles. The molecule has 1 saturated heterocycles. The number of nitrogens with zero attached hydrogens (tertiary/aromatic N) is 3. The number of hydrogen-bond acceptors (Lipinski definition) is 3. The Morgan fingerprint density at radius 3 is 3.00 bits per heavy atom. The minimum absolute atomic E-state index is 0.276. The van der Waals surface area contributed by atoms with E-state index in [-0.39, 0.29) is 5.54 Å². The minimum atomic E-state index is 0.276. The Labute approximate surface area is 110 Å². The van der Waals surface area contributed by atoms with E-state index < -0.39 is 0 Å². The maximum Gasteiger partial charge on any atom is 0.109 e. The van der Waals surface area contributed by atoms with E-state index in [9.17, 15) is 0 Å². The Kier molecular flexibility index (Phi) is 4.40. The molecule has 0 bridgehead atoms. The normalized spacial score (nSPS) is 26.2. The first-order chi connectivity index (χ1) is 8.63. The number of aromatic nitrogens is 2. The van der Waals surface area contributed by atoms with Gasteiger partial charge in [-0.1, -0.05) is 6.92 Å². The van der Waals surface area contributed by atoms with Crippen molar-refractivity contribution in [3.63, 3.8) is 0 Å². The molecule has 0 aliphatic carbocycles. The number of imidazole rings is 1. The predicted octanol–water partition coefficient (Wildman–Crippen LogP) is 1.43. The summed E-state index contributed by atoms with van der Waals surface area (Å²) < 4.78 is 2.12. The highest BCUT2D eigenvalue weighted by atomic mass is 15.2. The van der Waals surface area contributed by atoms with Crippen LogP contribution in [-0.2, 0) is 13.5 Å². The molecule has 1 aliphatic heterocycles. The fourth-order valence-corrected chi connectivity index (χ4v) is 2.64. The highest BCUT2D eigenvalue weighted by Gasteiger charge is 2.26. The third-order valence-corrected chi connectivity index (χ3v) is 4.13. The summed E-state index contributed by atoms with van der Waals surface area (Å²) in [7, 11) is 2.07. The molecule has 2 rings (SSSR count). The second-order valence-corrected chi connectivity index (χ2v) is 5.68. The van der Waals surface area contributed by atoms with E-state index >= 15 is 0 Å². The van der Waals surface area contributed by atoms with Gasteiger partial charge in [-0.2, -0.15) is 0 Å². The molecule has 1 N–H and O–H groups in total. The summed E-state index contributed by atoms with van der Waals surface area (Å²) in [5.41, 5.74) is 0.276. The Balaban J connectivity index is 1.90. The molecule has 1 fully saturated rings. The zero-order valence-electron chi connectivity index (χ0n) is 11.9. The maximum atomic E-state index is 4.40. The summed E-state index contributed by atoms with van der Waals surface area (Å²) >= 11 is 0. The van der Waals surface area contributed by atoms with Crippen molar-refractivity contribution in [2.24, 2.45) is 7.05 Å². The Bertz CT molecular complexity index is 374. The minimum Gasteiger partial charge on any atom is -0.338 e. The second-order valence-electron chi connectivity index (χ2n) is 5.68. The molecule has 1 aromatic heterocycles.